The second-order valence-electron chi connectivity index (χ2n) is 5.16. The van der Waals surface area contributed by atoms with Crippen LogP contribution in [0.25, 0.3) is 0 Å². The Kier molecular flexibility index (Phi) is 142. The summed E-state index contributed by atoms with van der Waals surface area (Å²) in [4.78, 5) is 0. The Morgan fingerprint density at radius 3 is 1.03 bits per heavy atom. The van der Waals surface area contributed by atoms with Crippen LogP contribution in [0.3, 0.4) is 0 Å². The molecule has 0 aliphatic rings. The average molecular weight is 471 g/mol. The van der Waals surface area contributed by atoms with Crippen molar-refractivity contribution in [3.8, 4) is 0 Å². The highest BCUT2D eigenvalue weighted by Crippen LogP contribution is 2.25. The minimum absolute atomic E-state index is 0. The second kappa shape index (κ2) is 46.5. The van der Waals surface area contributed by atoms with Crippen molar-refractivity contribution in [3.05, 3.63) is 0 Å². The van der Waals surface area contributed by atoms with E-state index in [2.05, 4.69) is 26.9 Å². The normalized spacial score (nSPS) is 7.66. The molecule has 29 heavy (non-hydrogen) atoms. The van der Waals surface area contributed by atoms with Gasteiger partial charge in [-0.05, 0) is 25.6 Å². The molecule has 200 valence electrons. The summed E-state index contributed by atoms with van der Waals surface area (Å²) < 4.78 is 17.6. The van der Waals surface area contributed by atoms with Crippen molar-refractivity contribution in [2.75, 3.05) is 14.2 Å². The summed E-state index contributed by atoms with van der Waals surface area (Å²) in [5, 5.41) is 0. The van der Waals surface area contributed by atoms with E-state index in [1.165, 1.54) is 18.9 Å². The lowest BCUT2D eigenvalue weighted by atomic mass is 10.4. The number of unbranched alkanes of at least 4 members (excludes halogenated alkanes) is 2. The first-order valence-electron chi connectivity index (χ1n) is 6.75. The Hall–Kier alpha value is 0.314. The number of hydrogen-bond donors (Lipinski definition) is 0. The molecule has 0 aromatic heterocycles. The van der Waals surface area contributed by atoms with Crippen LogP contribution in [0.1, 0.15) is 129 Å². The third kappa shape index (κ3) is 39.4. The van der Waals surface area contributed by atoms with Crippen molar-refractivity contribution in [2.24, 2.45) is 0 Å². The van der Waals surface area contributed by atoms with Crippen molar-refractivity contribution in [2.45, 2.75) is 154 Å². The Labute approximate surface area is 198 Å². The highest BCUT2D eigenvalue weighted by atomic mass is 28.5. The van der Waals surface area contributed by atoms with E-state index < -0.39 is 17.1 Å². The number of hydrogen-bond acceptors (Lipinski definition) is 3. The van der Waals surface area contributed by atoms with Crippen LogP contribution in [0, 0.1) is 0 Å². The van der Waals surface area contributed by atoms with E-state index in [-0.39, 0.29) is 89.1 Å². The molecule has 0 spiro atoms. The van der Waals surface area contributed by atoms with Gasteiger partial charge in [0.15, 0.2) is 8.32 Å². The summed E-state index contributed by atoms with van der Waals surface area (Å²) in [7, 11) is -0.564. The van der Waals surface area contributed by atoms with E-state index in [9.17, 15) is 0 Å². The van der Waals surface area contributed by atoms with E-state index >= 15 is 0 Å². The minimum atomic E-state index is -2.39. The van der Waals surface area contributed by atoms with Crippen LogP contribution in [0.2, 0.25) is 25.2 Å². The molecule has 3 nitrogen and oxygen atoms in total. The van der Waals surface area contributed by atoms with Gasteiger partial charge >= 0.3 is 8.80 Å². The summed E-state index contributed by atoms with van der Waals surface area (Å²) in [6.07, 6.45) is 4.74. The highest BCUT2D eigenvalue weighted by Gasteiger charge is 2.43. The fourth-order valence-corrected chi connectivity index (χ4v) is 9.31. The largest absolute Gasteiger partial charge is 0.489 e. The standard InChI is InChI=1S/C12H30O3Si2.12CH4/c1-7-9-11-16(5,6)15-17(13-3,14-4)12-10-8-2;;;;;;;;;;;;/h7-12H2,1-6H3;12*1H4. The van der Waals surface area contributed by atoms with E-state index in [0.29, 0.717) is 0 Å². The molecule has 0 aliphatic carbocycles. The predicted molar refractivity (Wildman–Crippen MR) is 159 cm³/mol. The SMILES string of the molecule is C.C.C.C.C.C.C.C.C.C.C.C.CCCC[Si](C)(C)O[Si](CCCC)(OC)OC. The zero-order valence-corrected chi connectivity index (χ0v) is 14.5. The summed E-state index contributed by atoms with van der Waals surface area (Å²) in [5.74, 6) is 0. The predicted octanol–water partition coefficient (Wildman–Crippen LogP) is 11.7. The third-order valence-corrected chi connectivity index (χ3v) is 10.2. The molecule has 0 heterocycles. The van der Waals surface area contributed by atoms with E-state index in [1.54, 1.807) is 14.2 Å². The van der Waals surface area contributed by atoms with Crippen molar-refractivity contribution < 1.29 is 13.0 Å². The van der Waals surface area contributed by atoms with Crippen molar-refractivity contribution in [3.63, 3.8) is 0 Å². The molecule has 0 rings (SSSR count). The first-order chi connectivity index (χ1) is 7.95. The van der Waals surface area contributed by atoms with Gasteiger partial charge in [-0.25, -0.2) is 0 Å². The molecule has 0 N–H and O–H groups in total. The van der Waals surface area contributed by atoms with Crippen LogP contribution in [0.4, 0.5) is 0 Å². The molecule has 0 radical (unpaired) electrons. The lowest BCUT2D eigenvalue weighted by Crippen LogP contribution is -2.52. The summed E-state index contributed by atoms with van der Waals surface area (Å²) in [6.45, 7) is 8.95. The Morgan fingerprint density at radius 1 is 0.517 bits per heavy atom. The van der Waals surface area contributed by atoms with Crippen LogP contribution >= 0.6 is 0 Å². The average Bonchev–Trinajstić information content (AvgIpc) is 2.32. The highest BCUT2D eigenvalue weighted by molar-refractivity contribution is 6.80. The Balaban J connectivity index is -0.0000000194. The molecule has 0 bridgehead atoms. The van der Waals surface area contributed by atoms with Crippen LogP contribution < -0.4 is 0 Å². The molecule has 0 aromatic rings. The van der Waals surface area contributed by atoms with Crippen molar-refractivity contribution in [1.29, 1.82) is 0 Å². The first kappa shape index (κ1) is 88.3. The van der Waals surface area contributed by atoms with Gasteiger partial charge in [-0.2, -0.15) is 0 Å². The van der Waals surface area contributed by atoms with E-state index in [4.69, 9.17) is 13.0 Å². The van der Waals surface area contributed by atoms with Gasteiger partial charge in [0.25, 0.3) is 0 Å². The summed E-state index contributed by atoms with van der Waals surface area (Å²) in [5.41, 5.74) is 0. The fourth-order valence-electron chi connectivity index (χ4n) is 1.89. The Bertz CT molecular complexity index is 199. The zero-order valence-electron chi connectivity index (χ0n) is 12.5. The summed E-state index contributed by atoms with van der Waals surface area (Å²) >= 11 is 0. The topological polar surface area (TPSA) is 27.7 Å². The van der Waals surface area contributed by atoms with Crippen LogP contribution in [0.5, 0.6) is 0 Å². The fraction of sp³-hybridized carbons (Fsp3) is 1.00. The second-order valence-corrected chi connectivity index (χ2v) is 12.7. The van der Waals surface area contributed by atoms with Gasteiger partial charge in [0.2, 0.25) is 0 Å². The third-order valence-electron chi connectivity index (χ3n) is 3.02. The lowest BCUT2D eigenvalue weighted by molar-refractivity contribution is 0.156. The molecular weight excluding hydrogens is 392 g/mol. The minimum Gasteiger partial charge on any atom is -0.416 e. The molecule has 5 heteroatoms. The molecule has 0 fully saturated rings. The summed E-state index contributed by atoms with van der Waals surface area (Å²) in [6, 6.07) is 2.14. The maximum absolute atomic E-state index is 6.36. The number of rotatable bonds is 10. The van der Waals surface area contributed by atoms with Gasteiger partial charge in [-0.1, -0.05) is 122 Å². The Morgan fingerprint density at radius 2 is 0.793 bits per heavy atom. The van der Waals surface area contributed by atoms with Gasteiger partial charge < -0.3 is 13.0 Å². The first-order valence-corrected chi connectivity index (χ1v) is 11.8. The molecule has 0 saturated carbocycles. The molecule has 0 saturated heterocycles. The zero-order chi connectivity index (χ0) is 13.4. The van der Waals surface area contributed by atoms with E-state index in [0.717, 1.165) is 18.9 Å². The van der Waals surface area contributed by atoms with Crippen molar-refractivity contribution >= 4 is 17.1 Å². The van der Waals surface area contributed by atoms with Crippen molar-refractivity contribution in [1.82, 2.24) is 0 Å². The monoisotopic (exact) mass is 471 g/mol. The van der Waals surface area contributed by atoms with Gasteiger partial charge in [0, 0.05) is 20.3 Å². The molecular formula is C24H78O3Si2. The van der Waals surface area contributed by atoms with Gasteiger partial charge in [-0.3, -0.25) is 0 Å². The van der Waals surface area contributed by atoms with Gasteiger partial charge in [0.1, 0.15) is 0 Å². The molecule has 0 atom stereocenters. The van der Waals surface area contributed by atoms with Crippen LogP contribution in [-0.4, -0.2) is 31.3 Å². The van der Waals surface area contributed by atoms with Gasteiger partial charge in [0.05, 0.1) is 0 Å². The van der Waals surface area contributed by atoms with Crippen LogP contribution in [0.15, 0.2) is 0 Å². The van der Waals surface area contributed by atoms with Crippen LogP contribution in [-0.2, 0) is 13.0 Å². The maximum Gasteiger partial charge on any atom is 0.489 e. The van der Waals surface area contributed by atoms with Gasteiger partial charge in [-0.15, -0.1) is 0 Å². The maximum atomic E-state index is 6.36. The van der Waals surface area contributed by atoms with E-state index in [1.807, 2.05) is 0 Å². The molecule has 0 aliphatic heterocycles. The molecule has 0 unspecified atom stereocenters. The quantitative estimate of drug-likeness (QED) is 0.297. The smallest absolute Gasteiger partial charge is 0.416 e. The lowest BCUT2D eigenvalue weighted by Gasteiger charge is -2.35. The molecule has 0 aromatic carbocycles. The molecule has 0 amide bonds.